The molecule has 2 amide bonds. The van der Waals surface area contributed by atoms with E-state index in [0.717, 1.165) is 38.0 Å². The van der Waals surface area contributed by atoms with E-state index in [1.807, 2.05) is 26.0 Å². The predicted octanol–water partition coefficient (Wildman–Crippen LogP) is 5.68. The summed E-state index contributed by atoms with van der Waals surface area (Å²) in [5.41, 5.74) is 3.13. The number of carbonyl (C=O) groups excluding carboxylic acids is 2. The monoisotopic (exact) mass is 473 g/mol. The zero-order valence-corrected chi connectivity index (χ0v) is 20.3. The highest BCUT2D eigenvalue weighted by Gasteiger charge is 2.24. The SMILES string of the molecule is CC(C)NC(=O)c1cc(NC(=O)c2ccccc2F)ccc1N1CCC(Cc2ccccc2)CC1. The molecule has 5 nitrogen and oxygen atoms in total. The second-order valence-corrected chi connectivity index (χ2v) is 9.41. The van der Waals surface area contributed by atoms with Crippen molar-refractivity contribution in [3.63, 3.8) is 0 Å². The molecule has 1 aliphatic rings. The van der Waals surface area contributed by atoms with Gasteiger partial charge in [-0.15, -0.1) is 0 Å². The third-order valence-electron chi connectivity index (χ3n) is 6.36. The van der Waals surface area contributed by atoms with E-state index < -0.39 is 11.7 Å². The van der Waals surface area contributed by atoms with Gasteiger partial charge in [0.25, 0.3) is 11.8 Å². The van der Waals surface area contributed by atoms with Gasteiger partial charge in [0.1, 0.15) is 5.82 Å². The number of benzene rings is 3. The summed E-state index contributed by atoms with van der Waals surface area (Å²) in [4.78, 5) is 27.9. The first-order chi connectivity index (χ1) is 16.9. The molecular weight excluding hydrogens is 441 g/mol. The van der Waals surface area contributed by atoms with Crippen LogP contribution in [0, 0.1) is 11.7 Å². The number of rotatable bonds is 7. The molecule has 0 bridgehead atoms. The lowest BCUT2D eigenvalue weighted by molar-refractivity contribution is 0.0942. The molecule has 1 fully saturated rings. The smallest absolute Gasteiger partial charge is 0.258 e. The minimum absolute atomic E-state index is 0.0244. The summed E-state index contributed by atoms with van der Waals surface area (Å²) in [6.07, 6.45) is 3.16. The molecule has 3 aromatic carbocycles. The standard InChI is InChI=1S/C29H32FN3O2/c1-20(2)31-29(35)25-19-23(32-28(34)24-10-6-7-11-26(24)30)12-13-27(25)33-16-14-22(15-17-33)18-21-8-4-3-5-9-21/h3-13,19-20,22H,14-18H2,1-2H3,(H,31,35)(H,32,34). The number of hydrogen-bond donors (Lipinski definition) is 2. The lowest BCUT2D eigenvalue weighted by atomic mass is 9.89. The molecule has 1 heterocycles. The summed E-state index contributed by atoms with van der Waals surface area (Å²) in [5.74, 6) is -0.713. The summed E-state index contributed by atoms with van der Waals surface area (Å²) < 4.78 is 14.0. The molecule has 6 heteroatoms. The molecule has 4 rings (SSSR count). The van der Waals surface area contributed by atoms with Crippen molar-refractivity contribution in [1.29, 1.82) is 0 Å². The summed E-state index contributed by atoms with van der Waals surface area (Å²) in [6, 6.07) is 21.7. The van der Waals surface area contributed by atoms with Gasteiger partial charge in [0.2, 0.25) is 0 Å². The zero-order chi connectivity index (χ0) is 24.8. The molecule has 0 radical (unpaired) electrons. The molecule has 1 saturated heterocycles. The summed E-state index contributed by atoms with van der Waals surface area (Å²) >= 11 is 0. The van der Waals surface area contributed by atoms with Crippen LogP contribution in [0.4, 0.5) is 15.8 Å². The van der Waals surface area contributed by atoms with E-state index in [2.05, 4.69) is 39.8 Å². The van der Waals surface area contributed by atoms with E-state index in [9.17, 15) is 14.0 Å². The maximum absolute atomic E-state index is 14.0. The van der Waals surface area contributed by atoms with Crippen LogP contribution in [0.1, 0.15) is 53.0 Å². The molecular formula is C29H32FN3O2. The fourth-order valence-corrected chi connectivity index (χ4v) is 4.58. The second kappa shape index (κ2) is 11.2. The number of piperidine rings is 1. The van der Waals surface area contributed by atoms with E-state index in [-0.39, 0.29) is 17.5 Å². The Morgan fingerprint density at radius 1 is 0.914 bits per heavy atom. The molecule has 3 aromatic rings. The Kier molecular flexibility index (Phi) is 7.80. The van der Waals surface area contributed by atoms with Crippen LogP contribution in [-0.2, 0) is 6.42 Å². The number of carbonyl (C=O) groups is 2. The van der Waals surface area contributed by atoms with E-state index in [1.54, 1.807) is 18.2 Å². The number of halogens is 1. The van der Waals surface area contributed by atoms with Gasteiger partial charge in [-0.05, 0) is 74.9 Å². The molecule has 182 valence electrons. The molecule has 0 aliphatic carbocycles. The van der Waals surface area contributed by atoms with E-state index in [0.29, 0.717) is 17.2 Å². The van der Waals surface area contributed by atoms with Crippen molar-refractivity contribution in [3.05, 3.63) is 95.3 Å². The molecule has 0 saturated carbocycles. The maximum atomic E-state index is 14.0. The fourth-order valence-electron chi connectivity index (χ4n) is 4.58. The van der Waals surface area contributed by atoms with Gasteiger partial charge in [-0.3, -0.25) is 9.59 Å². The second-order valence-electron chi connectivity index (χ2n) is 9.41. The van der Waals surface area contributed by atoms with Crippen LogP contribution in [0.25, 0.3) is 0 Å². The lowest BCUT2D eigenvalue weighted by Crippen LogP contribution is -2.37. The van der Waals surface area contributed by atoms with Gasteiger partial charge in [0.15, 0.2) is 0 Å². The Morgan fingerprint density at radius 3 is 2.29 bits per heavy atom. The van der Waals surface area contributed by atoms with Crippen molar-refractivity contribution in [2.75, 3.05) is 23.3 Å². The highest BCUT2D eigenvalue weighted by Crippen LogP contribution is 2.30. The summed E-state index contributed by atoms with van der Waals surface area (Å²) in [5, 5.41) is 5.70. The van der Waals surface area contributed by atoms with Crippen molar-refractivity contribution in [1.82, 2.24) is 5.32 Å². The molecule has 0 aromatic heterocycles. The van der Waals surface area contributed by atoms with Gasteiger partial charge in [0.05, 0.1) is 11.1 Å². The predicted molar refractivity (Wildman–Crippen MR) is 138 cm³/mol. The molecule has 0 atom stereocenters. The molecule has 2 N–H and O–H groups in total. The fraction of sp³-hybridized carbons (Fsp3) is 0.310. The van der Waals surface area contributed by atoms with Gasteiger partial charge in [-0.2, -0.15) is 0 Å². The van der Waals surface area contributed by atoms with Crippen LogP contribution in [-0.4, -0.2) is 30.9 Å². The van der Waals surface area contributed by atoms with Crippen LogP contribution >= 0.6 is 0 Å². The summed E-state index contributed by atoms with van der Waals surface area (Å²) in [6.45, 7) is 5.55. The third-order valence-corrected chi connectivity index (χ3v) is 6.36. The minimum Gasteiger partial charge on any atom is -0.371 e. The number of nitrogens with zero attached hydrogens (tertiary/aromatic N) is 1. The topological polar surface area (TPSA) is 61.4 Å². The Bertz CT molecular complexity index is 1170. The first kappa shape index (κ1) is 24.5. The van der Waals surface area contributed by atoms with Crippen LogP contribution in [0.2, 0.25) is 0 Å². The number of anilines is 2. The average Bonchev–Trinajstić information content (AvgIpc) is 2.85. The number of amides is 2. The Morgan fingerprint density at radius 2 is 1.60 bits per heavy atom. The normalized spacial score (nSPS) is 14.1. The Balaban J connectivity index is 1.51. The Labute approximate surface area is 206 Å². The van der Waals surface area contributed by atoms with Crippen molar-refractivity contribution in [2.24, 2.45) is 5.92 Å². The van der Waals surface area contributed by atoms with Gasteiger partial charge in [-0.25, -0.2) is 4.39 Å². The molecule has 35 heavy (non-hydrogen) atoms. The maximum Gasteiger partial charge on any atom is 0.258 e. The lowest BCUT2D eigenvalue weighted by Gasteiger charge is -2.35. The van der Waals surface area contributed by atoms with Crippen LogP contribution in [0.3, 0.4) is 0 Å². The number of nitrogens with one attached hydrogen (secondary N) is 2. The zero-order valence-electron chi connectivity index (χ0n) is 20.3. The van der Waals surface area contributed by atoms with E-state index in [4.69, 9.17) is 0 Å². The molecule has 0 spiro atoms. The minimum atomic E-state index is -0.585. The van der Waals surface area contributed by atoms with Gasteiger partial charge < -0.3 is 15.5 Å². The first-order valence-electron chi connectivity index (χ1n) is 12.2. The van der Waals surface area contributed by atoms with Crippen molar-refractivity contribution in [3.8, 4) is 0 Å². The first-order valence-corrected chi connectivity index (χ1v) is 12.2. The number of hydrogen-bond acceptors (Lipinski definition) is 3. The highest BCUT2D eigenvalue weighted by atomic mass is 19.1. The quantitative estimate of drug-likeness (QED) is 0.464. The van der Waals surface area contributed by atoms with E-state index >= 15 is 0 Å². The van der Waals surface area contributed by atoms with E-state index in [1.165, 1.54) is 23.8 Å². The molecule has 0 unspecified atom stereocenters. The van der Waals surface area contributed by atoms with Crippen LogP contribution in [0.15, 0.2) is 72.8 Å². The van der Waals surface area contributed by atoms with Gasteiger partial charge in [0, 0.05) is 30.5 Å². The molecule has 1 aliphatic heterocycles. The van der Waals surface area contributed by atoms with Crippen molar-refractivity contribution in [2.45, 2.75) is 39.2 Å². The highest BCUT2D eigenvalue weighted by molar-refractivity contribution is 6.06. The van der Waals surface area contributed by atoms with Crippen molar-refractivity contribution < 1.29 is 14.0 Å². The third kappa shape index (κ3) is 6.27. The van der Waals surface area contributed by atoms with Crippen LogP contribution < -0.4 is 15.5 Å². The van der Waals surface area contributed by atoms with Crippen LogP contribution in [0.5, 0.6) is 0 Å². The average molecular weight is 474 g/mol. The van der Waals surface area contributed by atoms with Crippen molar-refractivity contribution >= 4 is 23.2 Å². The largest absolute Gasteiger partial charge is 0.371 e. The Hall–Kier alpha value is -3.67. The van der Waals surface area contributed by atoms with Gasteiger partial charge in [-0.1, -0.05) is 42.5 Å². The summed E-state index contributed by atoms with van der Waals surface area (Å²) in [7, 11) is 0. The van der Waals surface area contributed by atoms with Gasteiger partial charge >= 0.3 is 0 Å².